The van der Waals surface area contributed by atoms with Gasteiger partial charge in [0.2, 0.25) is 0 Å². The van der Waals surface area contributed by atoms with Crippen molar-refractivity contribution < 1.29 is 9.90 Å². The van der Waals surface area contributed by atoms with Crippen molar-refractivity contribution in [1.82, 2.24) is 8.61 Å². The Balaban J connectivity index is 1.74. The second kappa shape index (κ2) is 5.04. The lowest BCUT2D eigenvalue weighted by Gasteiger charge is -2.39. The Bertz CT molecular complexity index is 312. The minimum Gasteiger partial charge on any atom is -0.481 e. The Kier molecular flexibility index (Phi) is 3.69. The van der Waals surface area contributed by atoms with Crippen LogP contribution in [0.5, 0.6) is 0 Å². The van der Waals surface area contributed by atoms with Crippen molar-refractivity contribution >= 4 is 18.1 Å². The maximum absolute atomic E-state index is 10.9. The molecular weight excluding hydrogens is 226 g/mol. The van der Waals surface area contributed by atoms with Gasteiger partial charge in [-0.25, -0.2) is 8.61 Å². The fourth-order valence-corrected chi connectivity index (χ4v) is 3.25. The second-order valence-corrected chi connectivity index (χ2v) is 5.52. The van der Waals surface area contributed by atoms with Crippen LogP contribution in [0.1, 0.15) is 12.8 Å². The Hall–Kier alpha value is -0.770. The van der Waals surface area contributed by atoms with Crippen molar-refractivity contribution in [1.29, 1.82) is 5.26 Å². The number of hydrogen-bond donors (Lipinski definition) is 1. The highest BCUT2D eigenvalue weighted by Gasteiger charge is 2.32. The van der Waals surface area contributed by atoms with E-state index >= 15 is 0 Å². The first-order valence-electron chi connectivity index (χ1n) is 5.49. The molecule has 5 nitrogen and oxygen atoms in total. The molecule has 0 radical (unpaired) electrons. The first-order valence-corrected chi connectivity index (χ1v) is 6.22. The highest BCUT2D eigenvalue weighted by atomic mass is 32.2. The monoisotopic (exact) mass is 241 g/mol. The molecule has 1 atom stereocenters. The van der Waals surface area contributed by atoms with Crippen molar-refractivity contribution in [3.8, 4) is 6.07 Å². The summed E-state index contributed by atoms with van der Waals surface area (Å²) >= 11 is 1.60. The van der Waals surface area contributed by atoms with Gasteiger partial charge in [0.05, 0.1) is 17.9 Å². The van der Waals surface area contributed by atoms with Gasteiger partial charge < -0.3 is 5.11 Å². The summed E-state index contributed by atoms with van der Waals surface area (Å²) in [5, 5.41) is 17.6. The molecule has 0 aromatic rings. The highest BCUT2D eigenvalue weighted by Crippen LogP contribution is 2.30. The fourth-order valence-electron chi connectivity index (χ4n) is 1.97. The standard InChI is InChI=1S/C10H15N3O2S/c11-4-8-5-13(6-8)16-12-3-1-2-9(7-12)10(14)15/h8-9H,1-3,5-7H2,(H,14,15). The van der Waals surface area contributed by atoms with E-state index in [2.05, 4.69) is 14.7 Å². The molecule has 6 heteroatoms. The van der Waals surface area contributed by atoms with Crippen LogP contribution in [-0.4, -0.2) is 45.9 Å². The van der Waals surface area contributed by atoms with E-state index in [-0.39, 0.29) is 11.8 Å². The summed E-state index contributed by atoms with van der Waals surface area (Å²) < 4.78 is 4.23. The van der Waals surface area contributed by atoms with Crippen LogP contribution in [0.3, 0.4) is 0 Å². The number of nitrogens with zero attached hydrogens (tertiary/aromatic N) is 3. The van der Waals surface area contributed by atoms with Gasteiger partial charge in [0.15, 0.2) is 0 Å². The summed E-state index contributed by atoms with van der Waals surface area (Å²) in [6.45, 7) is 3.17. The molecule has 2 fully saturated rings. The molecule has 2 rings (SSSR count). The lowest BCUT2D eigenvalue weighted by Crippen LogP contribution is -2.45. The lowest BCUT2D eigenvalue weighted by molar-refractivity contribution is -0.142. The van der Waals surface area contributed by atoms with Crippen molar-refractivity contribution in [3.63, 3.8) is 0 Å². The molecule has 0 spiro atoms. The van der Waals surface area contributed by atoms with Crippen LogP contribution < -0.4 is 0 Å². The summed E-state index contributed by atoms with van der Waals surface area (Å²) in [5.74, 6) is -0.759. The van der Waals surface area contributed by atoms with E-state index in [4.69, 9.17) is 10.4 Å². The number of carbonyl (C=O) groups is 1. The molecule has 0 saturated carbocycles. The van der Waals surface area contributed by atoms with Crippen molar-refractivity contribution in [3.05, 3.63) is 0 Å². The Morgan fingerprint density at radius 3 is 2.75 bits per heavy atom. The van der Waals surface area contributed by atoms with Gasteiger partial charge in [0, 0.05) is 38.3 Å². The third kappa shape index (κ3) is 2.67. The van der Waals surface area contributed by atoms with Gasteiger partial charge in [-0.1, -0.05) is 0 Å². The maximum Gasteiger partial charge on any atom is 0.307 e. The van der Waals surface area contributed by atoms with E-state index in [1.807, 2.05) is 0 Å². The van der Waals surface area contributed by atoms with Crippen LogP contribution in [0, 0.1) is 23.2 Å². The van der Waals surface area contributed by atoms with Crippen LogP contribution in [0.4, 0.5) is 0 Å². The zero-order valence-corrected chi connectivity index (χ0v) is 9.82. The molecule has 0 aromatic carbocycles. The molecule has 2 saturated heterocycles. The molecule has 0 bridgehead atoms. The molecule has 88 valence electrons. The molecule has 0 amide bonds. The normalized spacial score (nSPS) is 28.3. The number of rotatable bonds is 3. The van der Waals surface area contributed by atoms with E-state index in [0.29, 0.717) is 6.54 Å². The number of hydrogen-bond acceptors (Lipinski definition) is 5. The van der Waals surface area contributed by atoms with E-state index in [9.17, 15) is 4.79 Å². The first kappa shape index (κ1) is 11.7. The van der Waals surface area contributed by atoms with Crippen molar-refractivity contribution in [2.75, 3.05) is 26.2 Å². The number of nitriles is 1. The molecule has 2 aliphatic rings. The van der Waals surface area contributed by atoms with Gasteiger partial charge in [0.1, 0.15) is 0 Å². The van der Waals surface area contributed by atoms with Crippen LogP contribution in [0.15, 0.2) is 0 Å². The summed E-state index contributed by atoms with van der Waals surface area (Å²) in [4.78, 5) is 10.9. The Labute approximate surface area is 99.3 Å². The smallest absolute Gasteiger partial charge is 0.307 e. The summed E-state index contributed by atoms with van der Waals surface area (Å²) in [6.07, 6.45) is 1.73. The molecule has 1 unspecified atom stereocenters. The van der Waals surface area contributed by atoms with Gasteiger partial charge >= 0.3 is 5.97 Å². The molecule has 0 aliphatic carbocycles. The summed E-state index contributed by atoms with van der Waals surface area (Å²) in [6, 6.07) is 2.23. The third-order valence-corrected chi connectivity index (χ3v) is 4.09. The molecular formula is C10H15N3O2S. The molecule has 1 N–H and O–H groups in total. The van der Waals surface area contributed by atoms with E-state index in [1.165, 1.54) is 0 Å². The zero-order valence-electron chi connectivity index (χ0n) is 9.00. The van der Waals surface area contributed by atoms with Gasteiger partial charge in [-0.15, -0.1) is 0 Å². The average Bonchev–Trinajstić information content (AvgIpc) is 2.23. The maximum atomic E-state index is 10.9. The minimum atomic E-state index is -0.691. The van der Waals surface area contributed by atoms with Crippen LogP contribution in [-0.2, 0) is 4.79 Å². The third-order valence-electron chi connectivity index (χ3n) is 2.99. The van der Waals surface area contributed by atoms with Gasteiger partial charge in [0.25, 0.3) is 0 Å². The molecule has 0 aromatic heterocycles. The average molecular weight is 241 g/mol. The van der Waals surface area contributed by atoms with Gasteiger partial charge in [-0.3, -0.25) is 4.79 Å². The molecule has 2 heterocycles. The SMILES string of the molecule is N#CC1CN(SN2CCCC(C(=O)O)C2)C1. The van der Waals surface area contributed by atoms with Crippen molar-refractivity contribution in [2.45, 2.75) is 12.8 Å². The van der Waals surface area contributed by atoms with Crippen LogP contribution in [0.2, 0.25) is 0 Å². The van der Waals surface area contributed by atoms with E-state index in [0.717, 1.165) is 32.5 Å². The van der Waals surface area contributed by atoms with Gasteiger partial charge in [-0.05, 0) is 12.8 Å². The van der Waals surface area contributed by atoms with Gasteiger partial charge in [-0.2, -0.15) is 5.26 Å². The topological polar surface area (TPSA) is 67.6 Å². The number of aliphatic carboxylic acids is 1. The first-order chi connectivity index (χ1) is 7.69. The predicted octanol–water partition coefficient (Wildman–Crippen LogP) is 0.802. The Morgan fingerprint density at radius 1 is 1.38 bits per heavy atom. The largest absolute Gasteiger partial charge is 0.481 e. The van der Waals surface area contributed by atoms with Crippen LogP contribution >= 0.6 is 12.1 Å². The molecule has 2 aliphatic heterocycles. The minimum absolute atomic E-state index is 0.160. The van der Waals surface area contributed by atoms with E-state index < -0.39 is 5.97 Å². The van der Waals surface area contributed by atoms with Crippen LogP contribution in [0.25, 0.3) is 0 Å². The quantitative estimate of drug-likeness (QED) is 0.737. The van der Waals surface area contributed by atoms with E-state index in [1.54, 1.807) is 12.1 Å². The number of piperidine rings is 1. The highest BCUT2D eigenvalue weighted by molar-refractivity contribution is 7.94. The predicted molar refractivity (Wildman–Crippen MR) is 60.2 cm³/mol. The second-order valence-electron chi connectivity index (χ2n) is 4.32. The summed E-state index contributed by atoms with van der Waals surface area (Å²) in [5.41, 5.74) is 0. The molecule has 16 heavy (non-hydrogen) atoms. The fraction of sp³-hybridized carbons (Fsp3) is 0.800. The zero-order chi connectivity index (χ0) is 11.5. The van der Waals surface area contributed by atoms with Crippen molar-refractivity contribution in [2.24, 2.45) is 11.8 Å². The lowest BCUT2D eigenvalue weighted by atomic mass is 10.0. The number of carboxylic acid groups (broad SMARTS) is 1. The summed E-state index contributed by atoms with van der Waals surface area (Å²) in [7, 11) is 0. The Morgan fingerprint density at radius 2 is 2.12 bits per heavy atom. The number of carboxylic acids is 1.